The fourth-order valence-corrected chi connectivity index (χ4v) is 6.36. The number of hydrogen-bond acceptors (Lipinski definition) is 6. The lowest BCUT2D eigenvalue weighted by atomic mass is 9.93. The molecule has 252 valence electrons. The molecule has 2 unspecified atom stereocenters. The van der Waals surface area contributed by atoms with Crippen LogP contribution in [0.3, 0.4) is 0 Å². The standard InChI is InChI=1S/C38H50N4O5/c1-27(2)41(37(43)30-16-19-34(46-4)35(22-30)47-21-11-20-45-3)25-31-23-39-24-32(31)26-42(33-17-18-33)38(44)40-36(28-12-7-5-8-13-28)29-14-9-6-10-15-29/h5-10,12-16,19,22,27,31-33,36,39H,11,17-18,20-21,23-26H2,1-4H3,(H,40,44). The van der Waals surface area contributed by atoms with Gasteiger partial charge in [-0.3, -0.25) is 4.79 Å². The highest BCUT2D eigenvalue weighted by molar-refractivity contribution is 5.95. The molecule has 2 atom stereocenters. The second-order valence-electron chi connectivity index (χ2n) is 12.9. The van der Waals surface area contributed by atoms with Crippen LogP contribution in [0, 0.1) is 11.8 Å². The quantitative estimate of drug-likeness (QED) is 0.193. The van der Waals surface area contributed by atoms with E-state index in [0.29, 0.717) is 43.4 Å². The molecule has 0 aromatic heterocycles. The zero-order chi connectivity index (χ0) is 33.2. The number of methoxy groups -OCH3 is 2. The van der Waals surface area contributed by atoms with Gasteiger partial charge >= 0.3 is 6.03 Å². The molecule has 1 aliphatic heterocycles. The van der Waals surface area contributed by atoms with E-state index in [0.717, 1.165) is 43.5 Å². The Morgan fingerprint density at radius 3 is 2.06 bits per heavy atom. The molecule has 2 fully saturated rings. The predicted molar refractivity (Wildman–Crippen MR) is 184 cm³/mol. The number of benzene rings is 3. The maximum atomic E-state index is 14.0. The summed E-state index contributed by atoms with van der Waals surface area (Å²) in [6.07, 6.45) is 2.77. The predicted octanol–water partition coefficient (Wildman–Crippen LogP) is 5.76. The van der Waals surface area contributed by atoms with Crippen LogP contribution in [0.2, 0.25) is 0 Å². The molecule has 1 saturated heterocycles. The molecule has 0 radical (unpaired) electrons. The molecule has 47 heavy (non-hydrogen) atoms. The van der Waals surface area contributed by atoms with E-state index in [1.165, 1.54) is 0 Å². The van der Waals surface area contributed by atoms with E-state index in [4.69, 9.17) is 14.2 Å². The third-order valence-electron chi connectivity index (χ3n) is 9.17. The van der Waals surface area contributed by atoms with Crippen molar-refractivity contribution in [3.63, 3.8) is 0 Å². The fourth-order valence-electron chi connectivity index (χ4n) is 6.36. The molecule has 2 N–H and O–H groups in total. The number of hydrogen-bond donors (Lipinski definition) is 2. The number of carbonyl (C=O) groups is 2. The zero-order valence-corrected chi connectivity index (χ0v) is 28.2. The average molecular weight is 643 g/mol. The van der Waals surface area contributed by atoms with Crippen molar-refractivity contribution >= 4 is 11.9 Å². The zero-order valence-electron chi connectivity index (χ0n) is 28.2. The minimum absolute atomic E-state index is 0.00254. The van der Waals surface area contributed by atoms with Gasteiger partial charge in [0.1, 0.15) is 0 Å². The lowest BCUT2D eigenvalue weighted by molar-refractivity contribution is 0.0652. The Morgan fingerprint density at radius 2 is 1.49 bits per heavy atom. The summed E-state index contributed by atoms with van der Waals surface area (Å²) < 4.78 is 16.6. The summed E-state index contributed by atoms with van der Waals surface area (Å²) in [4.78, 5) is 32.0. The summed E-state index contributed by atoms with van der Waals surface area (Å²) in [6, 6.07) is 25.6. The number of urea groups is 1. The number of rotatable bonds is 16. The van der Waals surface area contributed by atoms with Crippen LogP contribution in [-0.2, 0) is 4.74 Å². The van der Waals surface area contributed by atoms with E-state index in [-0.39, 0.29) is 41.9 Å². The van der Waals surface area contributed by atoms with Gasteiger partial charge in [-0.15, -0.1) is 0 Å². The molecule has 5 rings (SSSR count). The highest BCUT2D eigenvalue weighted by atomic mass is 16.5. The van der Waals surface area contributed by atoms with Gasteiger partial charge in [0.05, 0.1) is 19.8 Å². The maximum absolute atomic E-state index is 14.0. The molecular formula is C38H50N4O5. The Balaban J connectivity index is 1.28. The van der Waals surface area contributed by atoms with Crippen LogP contribution in [0.1, 0.15) is 60.6 Å². The van der Waals surface area contributed by atoms with Gasteiger partial charge in [-0.2, -0.15) is 0 Å². The van der Waals surface area contributed by atoms with E-state index in [2.05, 4.69) is 48.7 Å². The number of nitrogens with zero attached hydrogens (tertiary/aromatic N) is 2. The van der Waals surface area contributed by atoms with E-state index >= 15 is 0 Å². The Kier molecular flexibility index (Phi) is 12.1. The van der Waals surface area contributed by atoms with E-state index in [1.807, 2.05) is 46.2 Å². The summed E-state index contributed by atoms with van der Waals surface area (Å²) in [5, 5.41) is 6.92. The monoisotopic (exact) mass is 642 g/mol. The normalized spacial score (nSPS) is 17.5. The van der Waals surface area contributed by atoms with Crippen molar-refractivity contribution in [3.05, 3.63) is 95.6 Å². The van der Waals surface area contributed by atoms with Crippen molar-refractivity contribution < 1.29 is 23.8 Å². The van der Waals surface area contributed by atoms with E-state index < -0.39 is 0 Å². The maximum Gasteiger partial charge on any atom is 0.318 e. The molecule has 0 bridgehead atoms. The first-order valence-corrected chi connectivity index (χ1v) is 16.9. The number of amides is 3. The molecular weight excluding hydrogens is 592 g/mol. The van der Waals surface area contributed by atoms with Gasteiger partial charge in [0.15, 0.2) is 11.5 Å². The van der Waals surface area contributed by atoms with Crippen molar-refractivity contribution in [2.24, 2.45) is 11.8 Å². The first kappa shape index (κ1) is 34.3. The first-order chi connectivity index (χ1) is 22.9. The van der Waals surface area contributed by atoms with Crippen LogP contribution < -0.4 is 20.1 Å². The molecule has 3 aromatic carbocycles. The Bertz CT molecular complexity index is 1390. The van der Waals surface area contributed by atoms with Crippen molar-refractivity contribution in [2.75, 3.05) is 53.6 Å². The Morgan fingerprint density at radius 1 is 0.851 bits per heavy atom. The van der Waals surface area contributed by atoms with Gasteiger partial charge in [0.2, 0.25) is 0 Å². The lowest BCUT2D eigenvalue weighted by Crippen LogP contribution is -2.48. The Labute approximate surface area is 279 Å². The molecule has 3 amide bonds. The van der Waals surface area contributed by atoms with Crippen molar-refractivity contribution in [3.8, 4) is 11.5 Å². The van der Waals surface area contributed by atoms with E-state index in [9.17, 15) is 9.59 Å². The second kappa shape index (κ2) is 16.7. The molecule has 2 aliphatic rings. The summed E-state index contributed by atoms with van der Waals surface area (Å²) in [5.74, 6) is 1.53. The van der Waals surface area contributed by atoms with Crippen LogP contribution >= 0.6 is 0 Å². The van der Waals surface area contributed by atoms with Gasteiger partial charge in [0, 0.05) is 64.0 Å². The molecule has 9 nitrogen and oxygen atoms in total. The van der Waals surface area contributed by atoms with E-state index in [1.54, 1.807) is 32.4 Å². The minimum atomic E-state index is -0.240. The minimum Gasteiger partial charge on any atom is -0.493 e. The summed E-state index contributed by atoms with van der Waals surface area (Å²) in [7, 11) is 3.26. The SMILES string of the molecule is COCCCOc1cc(C(=O)N(CC2CNCC2CN(C(=O)NC(c2ccccc2)c2ccccc2)C2CC2)C(C)C)ccc1OC. The van der Waals surface area contributed by atoms with Crippen LogP contribution in [0.25, 0.3) is 0 Å². The smallest absolute Gasteiger partial charge is 0.318 e. The van der Waals surface area contributed by atoms with Gasteiger partial charge in [-0.05, 0) is 67.9 Å². The van der Waals surface area contributed by atoms with Crippen LogP contribution in [0.15, 0.2) is 78.9 Å². The molecule has 3 aromatic rings. The molecule has 1 aliphatic carbocycles. The number of nitrogens with one attached hydrogen (secondary N) is 2. The fraction of sp³-hybridized carbons (Fsp3) is 0.474. The Hall–Kier alpha value is -4.08. The van der Waals surface area contributed by atoms with Crippen LogP contribution in [-0.4, -0.2) is 87.4 Å². The number of ether oxygens (including phenoxy) is 3. The van der Waals surface area contributed by atoms with Crippen LogP contribution in [0.4, 0.5) is 4.79 Å². The topological polar surface area (TPSA) is 92.4 Å². The molecule has 1 saturated carbocycles. The highest BCUT2D eigenvalue weighted by Crippen LogP contribution is 2.33. The van der Waals surface area contributed by atoms with Gasteiger partial charge < -0.3 is 34.6 Å². The molecule has 9 heteroatoms. The van der Waals surface area contributed by atoms with Crippen LogP contribution in [0.5, 0.6) is 11.5 Å². The van der Waals surface area contributed by atoms with Gasteiger partial charge in [-0.25, -0.2) is 4.79 Å². The lowest BCUT2D eigenvalue weighted by Gasteiger charge is -2.34. The highest BCUT2D eigenvalue weighted by Gasteiger charge is 2.39. The van der Waals surface area contributed by atoms with Crippen molar-refractivity contribution in [1.82, 2.24) is 20.4 Å². The van der Waals surface area contributed by atoms with Crippen molar-refractivity contribution in [2.45, 2.75) is 51.2 Å². The van der Waals surface area contributed by atoms with Gasteiger partial charge in [0.25, 0.3) is 5.91 Å². The van der Waals surface area contributed by atoms with Crippen molar-refractivity contribution in [1.29, 1.82) is 0 Å². The molecule has 0 spiro atoms. The first-order valence-electron chi connectivity index (χ1n) is 16.9. The summed E-state index contributed by atoms with van der Waals surface area (Å²) >= 11 is 0. The second-order valence-corrected chi connectivity index (χ2v) is 12.9. The summed E-state index contributed by atoms with van der Waals surface area (Å²) in [6.45, 7) is 8.02. The largest absolute Gasteiger partial charge is 0.493 e. The number of carbonyl (C=O) groups excluding carboxylic acids is 2. The van der Waals surface area contributed by atoms with Gasteiger partial charge in [-0.1, -0.05) is 60.7 Å². The molecule has 1 heterocycles. The average Bonchev–Trinajstić information content (AvgIpc) is 3.85. The third kappa shape index (κ3) is 9.05. The third-order valence-corrected chi connectivity index (χ3v) is 9.17. The summed E-state index contributed by atoms with van der Waals surface area (Å²) in [5.41, 5.74) is 2.67.